The van der Waals surface area contributed by atoms with Gasteiger partial charge in [-0.25, -0.2) is 0 Å². The van der Waals surface area contributed by atoms with Crippen molar-refractivity contribution in [3.63, 3.8) is 0 Å². The summed E-state index contributed by atoms with van der Waals surface area (Å²) in [6.45, 7) is 10.6. The molecule has 20 heavy (non-hydrogen) atoms. The zero-order valence-electron chi connectivity index (χ0n) is 12.6. The minimum atomic E-state index is 0.558. The van der Waals surface area contributed by atoms with Gasteiger partial charge in [-0.15, -0.1) is 10.2 Å². The van der Waals surface area contributed by atoms with Gasteiger partial charge in [0.05, 0.1) is 0 Å². The lowest BCUT2D eigenvalue weighted by Gasteiger charge is -2.32. The highest BCUT2D eigenvalue weighted by Gasteiger charge is 2.27. The van der Waals surface area contributed by atoms with Gasteiger partial charge in [0.2, 0.25) is 0 Å². The van der Waals surface area contributed by atoms with E-state index < -0.39 is 0 Å². The first-order valence-electron chi connectivity index (χ1n) is 8.03. The molecule has 0 N–H and O–H groups in total. The van der Waals surface area contributed by atoms with Crippen molar-refractivity contribution in [2.24, 2.45) is 0 Å². The van der Waals surface area contributed by atoms with Crippen LogP contribution in [0.5, 0.6) is 0 Å². The van der Waals surface area contributed by atoms with Crippen LogP contribution in [0.4, 0.5) is 0 Å². The standard InChI is InChI=1S/C16H26N4/c1-13(2)11-19-9-6-7-14(12-19)16-18-17-15-8-4-3-5-10-20(15)16/h14H,1,3-12H2,2H3/t14-/m1/s1. The maximum Gasteiger partial charge on any atom is 0.137 e. The summed E-state index contributed by atoms with van der Waals surface area (Å²) in [4.78, 5) is 2.52. The molecule has 1 fully saturated rings. The fourth-order valence-corrected chi connectivity index (χ4v) is 3.60. The number of piperidine rings is 1. The summed E-state index contributed by atoms with van der Waals surface area (Å²) in [6.07, 6.45) is 7.50. The molecule has 3 rings (SSSR count). The van der Waals surface area contributed by atoms with Crippen LogP contribution >= 0.6 is 0 Å². The molecule has 3 heterocycles. The lowest BCUT2D eigenvalue weighted by molar-refractivity contribution is 0.217. The van der Waals surface area contributed by atoms with E-state index >= 15 is 0 Å². The first kappa shape index (κ1) is 13.8. The van der Waals surface area contributed by atoms with Gasteiger partial charge in [-0.2, -0.15) is 0 Å². The average Bonchev–Trinajstić information content (AvgIpc) is 2.67. The molecule has 0 spiro atoms. The van der Waals surface area contributed by atoms with Crippen molar-refractivity contribution in [1.82, 2.24) is 19.7 Å². The third-order valence-electron chi connectivity index (χ3n) is 4.50. The molecule has 1 atom stereocenters. The van der Waals surface area contributed by atoms with E-state index in [-0.39, 0.29) is 0 Å². The number of rotatable bonds is 3. The maximum atomic E-state index is 4.54. The number of likely N-dealkylation sites (tertiary alicyclic amines) is 1. The molecule has 0 aliphatic carbocycles. The van der Waals surface area contributed by atoms with E-state index in [9.17, 15) is 0 Å². The molecule has 0 radical (unpaired) electrons. The molecule has 0 unspecified atom stereocenters. The summed E-state index contributed by atoms with van der Waals surface area (Å²) < 4.78 is 2.42. The van der Waals surface area contributed by atoms with E-state index in [1.54, 1.807) is 0 Å². The van der Waals surface area contributed by atoms with Gasteiger partial charge in [0.25, 0.3) is 0 Å². The van der Waals surface area contributed by atoms with E-state index in [1.807, 2.05) is 0 Å². The zero-order chi connectivity index (χ0) is 13.9. The van der Waals surface area contributed by atoms with Crippen LogP contribution in [0.25, 0.3) is 0 Å². The van der Waals surface area contributed by atoms with Crippen molar-refractivity contribution in [2.75, 3.05) is 19.6 Å². The van der Waals surface area contributed by atoms with Crippen LogP contribution in [-0.2, 0) is 13.0 Å². The Bertz CT molecular complexity index is 477. The molecule has 0 saturated carbocycles. The van der Waals surface area contributed by atoms with E-state index in [1.165, 1.54) is 55.9 Å². The quantitative estimate of drug-likeness (QED) is 0.795. The molecular formula is C16H26N4. The van der Waals surface area contributed by atoms with Gasteiger partial charge in [0.1, 0.15) is 11.6 Å². The molecular weight excluding hydrogens is 248 g/mol. The molecule has 1 aromatic heterocycles. The van der Waals surface area contributed by atoms with Crippen LogP contribution in [0.1, 0.15) is 56.6 Å². The summed E-state index contributed by atoms with van der Waals surface area (Å²) in [5.74, 6) is 3.02. The SMILES string of the molecule is C=C(C)CN1CCC[C@@H](c2nnc3n2CCCCC3)C1. The predicted octanol–water partition coefficient (Wildman–Crippen LogP) is 2.76. The molecule has 2 aliphatic heterocycles. The number of hydrogen-bond acceptors (Lipinski definition) is 3. The second-order valence-electron chi connectivity index (χ2n) is 6.47. The van der Waals surface area contributed by atoms with Gasteiger partial charge < -0.3 is 4.57 Å². The third kappa shape index (κ3) is 2.95. The van der Waals surface area contributed by atoms with Crippen molar-refractivity contribution in [3.8, 4) is 0 Å². The van der Waals surface area contributed by atoms with Crippen LogP contribution in [0.2, 0.25) is 0 Å². The molecule has 0 amide bonds. The molecule has 2 aliphatic rings. The monoisotopic (exact) mass is 274 g/mol. The van der Waals surface area contributed by atoms with Crippen LogP contribution in [0, 0.1) is 0 Å². The molecule has 1 saturated heterocycles. The van der Waals surface area contributed by atoms with Crippen molar-refractivity contribution in [2.45, 2.75) is 57.9 Å². The lowest BCUT2D eigenvalue weighted by Crippen LogP contribution is -2.36. The first-order valence-corrected chi connectivity index (χ1v) is 8.03. The Morgan fingerprint density at radius 3 is 2.95 bits per heavy atom. The number of hydrogen-bond donors (Lipinski definition) is 0. The van der Waals surface area contributed by atoms with Gasteiger partial charge in [-0.1, -0.05) is 18.6 Å². The normalized spacial score (nSPS) is 24.1. The molecule has 0 bridgehead atoms. The molecule has 4 heteroatoms. The van der Waals surface area contributed by atoms with Crippen molar-refractivity contribution in [1.29, 1.82) is 0 Å². The Morgan fingerprint density at radius 1 is 1.20 bits per heavy atom. The smallest absolute Gasteiger partial charge is 0.137 e. The maximum absolute atomic E-state index is 4.54. The van der Waals surface area contributed by atoms with Crippen LogP contribution in [-0.4, -0.2) is 39.3 Å². The number of fused-ring (bicyclic) bond motifs is 1. The second-order valence-corrected chi connectivity index (χ2v) is 6.47. The Balaban J connectivity index is 1.75. The summed E-state index contributed by atoms with van der Waals surface area (Å²) >= 11 is 0. The van der Waals surface area contributed by atoms with E-state index in [4.69, 9.17) is 0 Å². The highest BCUT2D eigenvalue weighted by Crippen LogP contribution is 2.28. The minimum Gasteiger partial charge on any atom is -0.315 e. The largest absolute Gasteiger partial charge is 0.315 e. The van der Waals surface area contributed by atoms with Crippen molar-refractivity contribution in [3.05, 3.63) is 23.8 Å². The van der Waals surface area contributed by atoms with E-state index in [0.29, 0.717) is 5.92 Å². The molecule has 0 aromatic carbocycles. The van der Waals surface area contributed by atoms with Crippen molar-refractivity contribution < 1.29 is 0 Å². The second kappa shape index (κ2) is 6.08. The van der Waals surface area contributed by atoms with E-state index in [2.05, 4.69) is 33.2 Å². The average molecular weight is 274 g/mol. The highest BCUT2D eigenvalue weighted by atomic mass is 15.3. The Morgan fingerprint density at radius 2 is 2.10 bits per heavy atom. The minimum absolute atomic E-state index is 0.558. The topological polar surface area (TPSA) is 34.0 Å². The Hall–Kier alpha value is -1.16. The highest BCUT2D eigenvalue weighted by molar-refractivity contribution is 5.06. The van der Waals surface area contributed by atoms with Gasteiger partial charge >= 0.3 is 0 Å². The molecule has 1 aromatic rings. The first-order chi connectivity index (χ1) is 9.74. The third-order valence-corrected chi connectivity index (χ3v) is 4.50. The molecule has 110 valence electrons. The van der Waals surface area contributed by atoms with E-state index in [0.717, 1.165) is 26.1 Å². The summed E-state index contributed by atoms with van der Waals surface area (Å²) in [7, 11) is 0. The zero-order valence-corrected chi connectivity index (χ0v) is 12.6. The summed E-state index contributed by atoms with van der Waals surface area (Å²) in [6, 6.07) is 0. The van der Waals surface area contributed by atoms with Gasteiger partial charge in [0, 0.05) is 32.0 Å². The number of aryl methyl sites for hydroxylation is 1. The fourth-order valence-electron chi connectivity index (χ4n) is 3.60. The summed E-state index contributed by atoms with van der Waals surface area (Å²) in [5.41, 5.74) is 1.26. The Kier molecular flexibility index (Phi) is 4.20. The predicted molar refractivity (Wildman–Crippen MR) is 80.8 cm³/mol. The number of aromatic nitrogens is 3. The molecule has 4 nitrogen and oxygen atoms in total. The van der Waals surface area contributed by atoms with Gasteiger partial charge in [-0.05, 0) is 39.2 Å². The van der Waals surface area contributed by atoms with Gasteiger partial charge in [-0.3, -0.25) is 4.90 Å². The summed E-state index contributed by atoms with van der Waals surface area (Å²) in [5, 5.41) is 9.00. The Labute approximate surface area is 121 Å². The van der Waals surface area contributed by atoms with Crippen molar-refractivity contribution >= 4 is 0 Å². The lowest BCUT2D eigenvalue weighted by atomic mass is 9.96. The van der Waals surface area contributed by atoms with Crippen LogP contribution in [0.15, 0.2) is 12.2 Å². The van der Waals surface area contributed by atoms with Gasteiger partial charge in [0.15, 0.2) is 0 Å². The number of nitrogens with zero attached hydrogens (tertiary/aromatic N) is 4. The fraction of sp³-hybridized carbons (Fsp3) is 0.750. The van der Waals surface area contributed by atoms with Crippen LogP contribution < -0.4 is 0 Å². The van der Waals surface area contributed by atoms with Crippen LogP contribution in [0.3, 0.4) is 0 Å².